The molecule has 0 amide bonds. The summed E-state index contributed by atoms with van der Waals surface area (Å²) in [5, 5.41) is 9.74. The van der Waals surface area contributed by atoms with Crippen molar-refractivity contribution >= 4 is 17.3 Å². The number of aryl methyl sites for hydroxylation is 1. The summed E-state index contributed by atoms with van der Waals surface area (Å²) in [5.41, 5.74) is 0.155. The van der Waals surface area contributed by atoms with E-state index in [-0.39, 0.29) is 11.8 Å². The van der Waals surface area contributed by atoms with E-state index in [0.29, 0.717) is 6.61 Å². The Hall–Kier alpha value is -0.980. The number of carboxylic acid groups (broad SMARTS) is 1. The van der Waals surface area contributed by atoms with Crippen LogP contribution >= 0.6 is 11.3 Å². The second-order valence-corrected chi connectivity index (χ2v) is 5.25. The van der Waals surface area contributed by atoms with Crippen molar-refractivity contribution in [1.82, 2.24) is 9.88 Å². The second kappa shape index (κ2) is 5.12. The van der Waals surface area contributed by atoms with E-state index in [0.717, 1.165) is 29.5 Å². The van der Waals surface area contributed by atoms with E-state index in [1.165, 1.54) is 11.3 Å². The number of morpholine rings is 1. The molecule has 2 heterocycles. The summed E-state index contributed by atoms with van der Waals surface area (Å²) < 4.78 is 5.66. The highest BCUT2D eigenvalue weighted by Crippen LogP contribution is 2.28. The largest absolute Gasteiger partial charge is 0.476 e. The van der Waals surface area contributed by atoms with Crippen LogP contribution in [0.5, 0.6) is 0 Å². The number of likely N-dealkylation sites (N-methyl/N-ethyl adjacent to an activating group) is 1. The molecule has 2 rings (SSSR count). The van der Waals surface area contributed by atoms with Crippen molar-refractivity contribution in [2.24, 2.45) is 0 Å². The summed E-state index contributed by atoms with van der Waals surface area (Å²) in [6, 6.07) is 0. The highest BCUT2D eigenvalue weighted by Gasteiger charge is 2.25. The molecule has 1 fully saturated rings. The van der Waals surface area contributed by atoms with Crippen LogP contribution in [0.25, 0.3) is 0 Å². The summed E-state index contributed by atoms with van der Waals surface area (Å²) in [6.45, 7) is 7.28. The van der Waals surface area contributed by atoms with Crippen LogP contribution in [-0.2, 0) is 4.74 Å². The Morgan fingerprint density at radius 2 is 2.47 bits per heavy atom. The summed E-state index contributed by atoms with van der Waals surface area (Å²) >= 11 is 1.42. The van der Waals surface area contributed by atoms with Crippen molar-refractivity contribution in [3.05, 3.63) is 15.6 Å². The third kappa shape index (κ3) is 2.65. The molecule has 1 aliphatic heterocycles. The zero-order valence-corrected chi connectivity index (χ0v) is 10.8. The van der Waals surface area contributed by atoms with Gasteiger partial charge in [-0.2, -0.15) is 0 Å². The molecule has 0 aliphatic carbocycles. The van der Waals surface area contributed by atoms with Gasteiger partial charge < -0.3 is 9.84 Å². The average Bonchev–Trinajstić information content (AvgIpc) is 2.71. The van der Waals surface area contributed by atoms with Gasteiger partial charge in [0.05, 0.1) is 6.61 Å². The fourth-order valence-electron chi connectivity index (χ4n) is 1.89. The average molecular weight is 256 g/mol. The van der Waals surface area contributed by atoms with Crippen molar-refractivity contribution in [2.45, 2.75) is 20.0 Å². The van der Waals surface area contributed by atoms with Gasteiger partial charge in [0.2, 0.25) is 0 Å². The Labute approximate surface area is 104 Å². The van der Waals surface area contributed by atoms with Crippen LogP contribution in [0.15, 0.2) is 0 Å². The van der Waals surface area contributed by atoms with Crippen molar-refractivity contribution in [1.29, 1.82) is 0 Å². The molecule has 94 valence electrons. The SMILES string of the molecule is CCN1CCOC(c2nc(C(=O)O)c(C)s2)C1. The molecule has 5 nitrogen and oxygen atoms in total. The van der Waals surface area contributed by atoms with Crippen molar-refractivity contribution < 1.29 is 14.6 Å². The van der Waals surface area contributed by atoms with Gasteiger partial charge in [-0.25, -0.2) is 9.78 Å². The van der Waals surface area contributed by atoms with Crippen LogP contribution in [-0.4, -0.2) is 47.2 Å². The number of aromatic carboxylic acids is 1. The molecule has 17 heavy (non-hydrogen) atoms. The fraction of sp³-hybridized carbons (Fsp3) is 0.636. The molecule has 1 N–H and O–H groups in total. The topological polar surface area (TPSA) is 62.7 Å². The first-order valence-electron chi connectivity index (χ1n) is 5.66. The maximum Gasteiger partial charge on any atom is 0.355 e. The van der Waals surface area contributed by atoms with Crippen LogP contribution in [0.3, 0.4) is 0 Å². The first kappa shape index (κ1) is 12.5. The molecule has 1 saturated heterocycles. The van der Waals surface area contributed by atoms with Crippen LogP contribution < -0.4 is 0 Å². The Balaban J connectivity index is 2.16. The van der Waals surface area contributed by atoms with Crippen molar-refractivity contribution in [3.63, 3.8) is 0 Å². The summed E-state index contributed by atoms with van der Waals surface area (Å²) in [4.78, 5) is 18.1. The molecular weight excluding hydrogens is 240 g/mol. The third-order valence-corrected chi connectivity index (χ3v) is 3.95. The van der Waals surface area contributed by atoms with Gasteiger partial charge in [-0.1, -0.05) is 6.92 Å². The van der Waals surface area contributed by atoms with Gasteiger partial charge in [0.15, 0.2) is 5.69 Å². The van der Waals surface area contributed by atoms with Gasteiger partial charge in [-0.3, -0.25) is 4.90 Å². The van der Waals surface area contributed by atoms with Crippen LogP contribution in [0, 0.1) is 6.92 Å². The van der Waals surface area contributed by atoms with Gasteiger partial charge in [-0.15, -0.1) is 11.3 Å². The molecule has 1 aliphatic rings. The molecule has 6 heteroatoms. The Morgan fingerprint density at radius 3 is 3.06 bits per heavy atom. The molecular formula is C11H16N2O3S. The van der Waals surface area contributed by atoms with E-state index in [9.17, 15) is 4.79 Å². The van der Waals surface area contributed by atoms with Crippen LogP contribution in [0.4, 0.5) is 0 Å². The number of rotatable bonds is 3. The zero-order chi connectivity index (χ0) is 12.4. The second-order valence-electron chi connectivity index (χ2n) is 4.01. The van der Waals surface area contributed by atoms with E-state index in [1.807, 2.05) is 0 Å². The number of carboxylic acids is 1. The first-order chi connectivity index (χ1) is 8.11. The van der Waals surface area contributed by atoms with E-state index in [2.05, 4.69) is 16.8 Å². The number of thiazole rings is 1. The first-order valence-corrected chi connectivity index (χ1v) is 6.48. The predicted molar refractivity (Wildman–Crippen MR) is 64.6 cm³/mol. The monoisotopic (exact) mass is 256 g/mol. The molecule has 1 atom stereocenters. The predicted octanol–water partition coefficient (Wildman–Crippen LogP) is 1.54. The Kier molecular flexibility index (Phi) is 3.76. The molecule has 0 aromatic carbocycles. The van der Waals surface area contributed by atoms with Crippen LogP contribution in [0.1, 0.15) is 33.4 Å². The smallest absolute Gasteiger partial charge is 0.355 e. The molecule has 0 spiro atoms. The number of carbonyl (C=O) groups is 1. The number of hydrogen-bond acceptors (Lipinski definition) is 5. The lowest BCUT2D eigenvalue weighted by Crippen LogP contribution is -2.38. The van der Waals surface area contributed by atoms with Crippen LogP contribution in [0.2, 0.25) is 0 Å². The van der Waals surface area contributed by atoms with Gasteiger partial charge in [0.25, 0.3) is 0 Å². The molecule has 1 aromatic rings. The van der Waals surface area contributed by atoms with Crippen molar-refractivity contribution in [3.8, 4) is 0 Å². The molecule has 1 aromatic heterocycles. The number of ether oxygens (including phenoxy) is 1. The quantitative estimate of drug-likeness (QED) is 0.889. The van der Waals surface area contributed by atoms with Gasteiger partial charge >= 0.3 is 5.97 Å². The summed E-state index contributed by atoms with van der Waals surface area (Å²) in [5.74, 6) is -0.965. The molecule has 1 unspecified atom stereocenters. The van der Waals surface area contributed by atoms with Gasteiger partial charge in [0, 0.05) is 18.0 Å². The highest BCUT2D eigenvalue weighted by atomic mass is 32.1. The Bertz CT molecular complexity index is 419. The standard InChI is InChI=1S/C11H16N2O3S/c1-3-13-4-5-16-8(6-13)10-12-9(11(14)15)7(2)17-10/h8H,3-6H2,1-2H3,(H,14,15). The van der Waals surface area contributed by atoms with E-state index in [1.54, 1.807) is 6.92 Å². The van der Waals surface area contributed by atoms with Gasteiger partial charge in [0.1, 0.15) is 11.1 Å². The minimum Gasteiger partial charge on any atom is -0.476 e. The lowest BCUT2D eigenvalue weighted by Gasteiger charge is -2.30. The number of nitrogens with zero attached hydrogens (tertiary/aromatic N) is 2. The fourth-order valence-corrected chi connectivity index (χ4v) is 2.85. The van der Waals surface area contributed by atoms with E-state index in [4.69, 9.17) is 9.84 Å². The lowest BCUT2D eigenvalue weighted by atomic mass is 10.3. The summed E-state index contributed by atoms with van der Waals surface area (Å²) in [6.07, 6.45) is -0.0829. The zero-order valence-electron chi connectivity index (χ0n) is 9.97. The minimum atomic E-state index is -0.965. The summed E-state index contributed by atoms with van der Waals surface area (Å²) in [7, 11) is 0. The van der Waals surface area contributed by atoms with Gasteiger partial charge in [-0.05, 0) is 13.5 Å². The third-order valence-electron chi connectivity index (χ3n) is 2.89. The number of aromatic nitrogens is 1. The maximum absolute atomic E-state index is 10.9. The Morgan fingerprint density at radius 1 is 1.71 bits per heavy atom. The highest BCUT2D eigenvalue weighted by molar-refractivity contribution is 7.11. The minimum absolute atomic E-state index is 0.0829. The lowest BCUT2D eigenvalue weighted by molar-refractivity contribution is -0.0283. The van der Waals surface area contributed by atoms with E-state index < -0.39 is 5.97 Å². The maximum atomic E-state index is 10.9. The number of hydrogen-bond donors (Lipinski definition) is 1. The normalized spacial score (nSPS) is 21.6. The molecule has 0 saturated carbocycles. The molecule has 0 bridgehead atoms. The van der Waals surface area contributed by atoms with E-state index >= 15 is 0 Å². The molecule has 0 radical (unpaired) electrons. The van der Waals surface area contributed by atoms with Crippen molar-refractivity contribution in [2.75, 3.05) is 26.2 Å².